The van der Waals surface area contributed by atoms with E-state index >= 15 is 0 Å². The summed E-state index contributed by atoms with van der Waals surface area (Å²) in [6.45, 7) is 3.96. The van der Waals surface area contributed by atoms with Gasteiger partial charge >= 0.3 is 6.01 Å². The van der Waals surface area contributed by atoms with Crippen LogP contribution in [0.1, 0.15) is 41.4 Å². The van der Waals surface area contributed by atoms with Crippen molar-refractivity contribution in [1.29, 1.82) is 0 Å². The summed E-state index contributed by atoms with van der Waals surface area (Å²) in [7, 11) is 3.00. The van der Waals surface area contributed by atoms with Crippen molar-refractivity contribution in [3.8, 4) is 11.9 Å². The standard InChI is InChI=1S/C20H20N2O3/c1-12(2)16-17(21-20(25-4)22-19(16)24-3)18(23)15-11-7-9-13-8-5-6-10-14(13)15/h5-12H,1-4H3. The Labute approximate surface area is 146 Å². The molecule has 0 unspecified atom stereocenters. The number of rotatable bonds is 5. The molecule has 0 fully saturated rings. The molecule has 1 heterocycles. The van der Waals surface area contributed by atoms with Crippen LogP contribution < -0.4 is 9.47 Å². The van der Waals surface area contributed by atoms with Crippen LogP contribution >= 0.6 is 0 Å². The Bertz CT molecular complexity index is 930. The van der Waals surface area contributed by atoms with E-state index in [-0.39, 0.29) is 17.7 Å². The summed E-state index contributed by atoms with van der Waals surface area (Å²) in [5.74, 6) is 0.222. The third-order valence-electron chi connectivity index (χ3n) is 4.09. The number of nitrogens with zero attached hydrogens (tertiary/aromatic N) is 2. The van der Waals surface area contributed by atoms with Crippen LogP contribution in [-0.4, -0.2) is 30.0 Å². The van der Waals surface area contributed by atoms with Crippen LogP contribution in [0.2, 0.25) is 0 Å². The zero-order chi connectivity index (χ0) is 18.0. The number of carbonyl (C=O) groups excluding carboxylic acids is 1. The Morgan fingerprint density at radius 3 is 2.36 bits per heavy atom. The van der Waals surface area contributed by atoms with Crippen LogP contribution in [0.25, 0.3) is 10.8 Å². The van der Waals surface area contributed by atoms with Crippen LogP contribution in [0.15, 0.2) is 42.5 Å². The summed E-state index contributed by atoms with van der Waals surface area (Å²) in [4.78, 5) is 21.9. The molecule has 2 aromatic carbocycles. The minimum atomic E-state index is -0.167. The first kappa shape index (κ1) is 16.9. The van der Waals surface area contributed by atoms with E-state index in [4.69, 9.17) is 9.47 Å². The lowest BCUT2D eigenvalue weighted by atomic mass is 9.94. The van der Waals surface area contributed by atoms with Gasteiger partial charge in [-0.3, -0.25) is 4.79 Å². The fourth-order valence-corrected chi connectivity index (χ4v) is 2.92. The van der Waals surface area contributed by atoms with E-state index in [1.807, 2.05) is 56.3 Å². The number of benzene rings is 2. The van der Waals surface area contributed by atoms with Gasteiger partial charge in [-0.1, -0.05) is 56.3 Å². The van der Waals surface area contributed by atoms with Crippen LogP contribution in [0.5, 0.6) is 11.9 Å². The van der Waals surface area contributed by atoms with Gasteiger partial charge in [0.05, 0.1) is 14.2 Å². The number of fused-ring (bicyclic) bond motifs is 1. The minimum Gasteiger partial charge on any atom is -0.481 e. The van der Waals surface area contributed by atoms with Crippen molar-refractivity contribution in [3.05, 3.63) is 59.3 Å². The lowest BCUT2D eigenvalue weighted by molar-refractivity contribution is 0.103. The molecule has 0 radical (unpaired) electrons. The summed E-state index contributed by atoms with van der Waals surface area (Å²) in [6, 6.07) is 13.6. The van der Waals surface area contributed by atoms with Crippen LogP contribution in [-0.2, 0) is 0 Å². The summed E-state index contributed by atoms with van der Waals surface area (Å²) < 4.78 is 10.5. The molecule has 0 saturated carbocycles. The van der Waals surface area contributed by atoms with Gasteiger partial charge in [0, 0.05) is 11.1 Å². The Morgan fingerprint density at radius 2 is 1.68 bits per heavy atom. The maximum Gasteiger partial charge on any atom is 0.320 e. The average molecular weight is 336 g/mol. The highest BCUT2D eigenvalue weighted by molar-refractivity contribution is 6.16. The number of carbonyl (C=O) groups is 1. The predicted molar refractivity (Wildman–Crippen MR) is 96.6 cm³/mol. The fourth-order valence-electron chi connectivity index (χ4n) is 2.92. The van der Waals surface area contributed by atoms with Crippen LogP contribution in [0.3, 0.4) is 0 Å². The lowest BCUT2D eigenvalue weighted by Gasteiger charge is -2.16. The highest BCUT2D eigenvalue weighted by Gasteiger charge is 2.25. The molecular weight excluding hydrogens is 316 g/mol. The molecule has 25 heavy (non-hydrogen) atoms. The Kier molecular flexibility index (Phi) is 4.65. The molecule has 0 amide bonds. The van der Waals surface area contributed by atoms with Gasteiger partial charge in [-0.2, -0.15) is 9.97 Å². The quantitative estimate of drug-likeness (QED) is 0.659. The van der Waals surface area contributed by atoms with E-state index in [0.29, 0.717) is 22.7 Å². The van der Waals surface area contributed by atoms with Crippen molar-refractivity contribution in [3.63, 3.8) is 0 Å². The van der Waals surface area contributed by atoms with Gasteiger partial charge in [-0.05, 0) is 16.7 Å². The molecule has 0 spiro atoms. The Balaban J connectivity index is 2.25. The smallest absolute Gasteiger partial charge is 0.320 e. The molecule has 0 aliphatic carbocycles. The molecular formula is C20H20N2O3. The molecule has 0 aliphatic heterocycles. The molecule has 3 aromatic rings. The van der Waals surface area contributed by atoms with E-state index in [1.165, 1.54) is 14.2 Å². The number of hydrogen-bond acceptors (Lipinski definition) is 5. The molecule has 3 rings (SSSR count). The van der Waals surface area contributed by atoms with E-state index in [1.54, 1.807) is 0 Å². The molecule has 0 N–H and O–H groups in total. The zero-order valence-corrected chi connectivity index (χ0v) is 14.7. The highest BCUT2D eigenvalue weighted by Crippen LogP contribution is 2.31. The number of hydrogen-bond donors (Lipinski definition) is 0. The fraction of sp³-hybridized carbons (Fsp3) is 0.250. The number of ketones is 1. The summed E-state index contributed by atoms with van der Waals surface area (Å²) in [6.07, 6.45) is 0. The van der Waals surface area contributed by atoms with Gasteiger partial charge in [0.15, 0.2) is 0 Å². The molecule has 1 aromatic heterocycles. The largest absolute Gasteiger partial charge is 0.481 e. The van der Waals surface area contributed by atoms with Crippen molar-refractivity contribution in [2.24, 2.45) is 0 Å². The molecule has 0 bridgehead atoms. The van der Waals surface area contributed by atoms with Gasteiger partial charge in [0.25, 0.3) is 0 Å². The van der Waals surface area contributed by atoms with E-state index in [2.05, 4.69) is 9.97 Å². The SMILES string of the molecule is COc1nc(OC)c(C(C)C)c(C(=O)c2cccc3ccccc23)n1. The Hall–Kier alpha value is -2.95. The first-order valence-corrected chi connectivity index (χ1v) is 8.09. The van der Waals surface area contributed by atoms with Gasteiger partial charge in [0.2, 0.25) is 11.7 Å². The minimum absolute atomic E-state index is 0.0229. The van der Waals surface area contributed by atoms with Crippen molar-refractivity contribution in [2.75, 3.05) is 14.2 Å². The Morgan fingerprint density at radius 1 is 0.960 bits per heavy atom. The third-order valence-corrected chi connectivity index (χ3v) is 4.09. The second-order valence-electron chi connectivity index (χ2n) is 5.99. The van der Waals surface area contributed by atoms with Gasteiger partial charge in [-0.15, -0.1) is 0 Å². The zero-order valence-electron chi connectivity index (χ0n) is 14.7. The number of aromatic nitrogens is 2. The van der Waals surface area contributed by atoms with Gasteiger partial charge in [-0.25, -0.2) is 0 Å². The maximum atomic E-state index is 13.3. The lowest BCUT2D eigenvalue weighted by Crippen LogP contribution is -2.14. The second kappa shape index (κ2) is 6.89. The molecule has 0 saturated heterocycles. The normalized spacial score (nSPS) is 10.9. The summed E-state index contributed by atoms with van der Waals surface area (Å²) >= 11 is 0. The first-order chi connectivity index (χ1) is 12.1. The third kappa shape index (κ3) is 3.05. The summed E-state index contributed by atoms with van der Waals surface area (Å²) in [5.41, 5.74) is 1.60. The molecule has 5 heteroatoms. The summed E-state index contributed by atoms with van der Waals surface area (Å²) in [5, 5.41) is 1.90. The number of methoxy groups -OCH3 is 2. The topological polar surface area (TPSA) is 61.3 Å². The number of ether oxygens (including phenoxy) is 2. The van der Waals surface area contributed by atoms with Gasteiger partial charge in [0.1, 0.15) is 5.69 Å². The van der Waals surface area contributed by atoms with E-state index < -0.39 is 0 Å². The average Bonchev–Trinajstić information content (AvgIpc) is 2.65. The monoisotopic (exact) mass is 336 g/mol. The highest BCUT2D eigenvalue weighted by atomic mass is 16.5. The molecule has 0 aliphatic rings. The predicted octanol–water partition coefficient (Wildman–Crippen LogP) is 4.00. The first-order valence-electron chi connectivity index (χ1n) is 8.09. The second-order valence-corrected chi connectivity index (χ2v) is 5.99. The van der Waals surface area contributed by atoms with Crippen molar-refractivity contribution in [2.45, 2.75) is 19.8 Å². The van der Waals surface area contributed by atoms with Crippen molar-refractivity contribution in [1.82, 2.24) is 9.97 Å². The van der Waals surface area contributed by atoms with E-state index in [9.17, 15) is 4.79 Å². The van der Waals surface area contributed by atoms with Crippen LogP contribution in [0.4, 0.5) is 0 Å². The maximum absolute atomic E-state index is 13.3. The van der Waals surface area contributed by atoms with E-state index in [0.717, 1.165) is 10.8 Å². The molecule has 5 nitrogen and oxygen atoms in total. The van der Waals surface area contributed by atoms with Gasteiger partial charge < -0.3 is 9.47 Å². The molecule has 0 atom stereocenters. The molecule has 128 valence electrons. The van der Waals surface area contributed by atoms with Crippen molar-refractivity contribution >= 4 is 16.6 Å². The van der Waals surface area contributed by atoms with Crippen LogP contribution in [0, 0.1) is 0 Å². The van der Waals surface area contributed by atoms with Crippen molar-refractivity contribution < 1.29 is 14.3 Å².